The Labute approximate surface area is 195 Å². The molecule has 0 unspecified atom stereocenters. The number of aryl methyl sites for hydroxylation is 1. The van der Waals surface area contributed by atoms with Crippen LogP contribution in [0.4, 0.5) is 0 Å². The number of nitrogens with one attached hydrogen (secondary N) is 1. The molecule has 0 aliphatic rings. The molecule has 0 aromatic heterocycles. The van der Waals surface area contributed by atoms with Crippen LogP contribution >= 0.6 is 23.4 Å². The van der Waals surface area contributed by atoms with Gasteiger partial charge in [-0.15, -0.1) is 11.8 Å². The van der Waals surface area contributed by atoms with Gasteiger partial charge in [-0.3, -0.25) is 9.59 Å². The molecule has 4 nitrogen and oxygen atoms in total. The SMILES string of the molecule is CC[C@H](C(=O)NCC(C)C)N(Cc1ccccc1C)C(=O)CSCc1ccccc1Cl. The van der Waals surface area contributed by atoms with Crippen molar-refractivity contribution in [3.8, 4) is 0 Å². The number of amides is 2. The van der Waals surface area contributed by atoms with Gasteiger partial charge >= 0.3 is 0 Å². The van der Waals surface area contributed by atoms with Gasteiger partial charge in [-0.05, 0) is 42.0 Å². The topological polar surface area (TPSA) is 49.4 Å². The summed E-state index contributed by atoms with van der Waals surface area (Å²) in [5.74, 6) is 1.18. The summed E-state index contributed by atoms with van der Waals surface area (Å²) in [4.78, 5) is 27.9. The van der Waals surface area contributed by atoms with E-state index in [-0.39, 0.29) is 11.8 Å². The second kappa shape index (κ2) is 12.8. The van der Waals surface area contributed by atoms with Gasteiger partial charge in [0.1, 0.15) is 6.04 Å². The Bertz CT molecular complexity index is 872. The summed E-state index contributed by atoms with van der Waals surface area (Å²) < 4.78 is 0. The Morgan fingerprint density at radius 1 is 1.06 bits per heavy atom. The molecule has 0 spiro atoms. The third-order valence-corrected chi connectivity index (χ3v) is 6.45. The van der Waals surface area contributed by atoms with Crippen molar-refractivity contribution >= 4 is 35.2 Å². The maximum atomic E-state index is 13.3. The maximum Gasteiger partial charge on any atom is 0.242 e. The van der Waals surface area contributed by atoms with E-state index in [0.717, 1.165) is 16.7 Å². The minimum Gasteiger partial charge on any atom is -0.354 e. The molecule has 31 heavy (non-hydrogen) atoms. The molecule has 2 rings (SSSR count). The Morgan fingerprint density at radius 2 is 1.71 bits per heavy atom. The summed E-state index contributed by atoms with van der Waals surface area (Å²) in [6.07, 6.45) is 0.566. The molecule has 0 aliphatic carbocycles. The summed E-state index contributed by atoms with van der Waals surface area (Å²) >= 11 is 7.76. The summed E-state index contributed by atoms with van der Waals surface area (Å²) in [7, 11) is 0. The lowest BCUT2D eigenvalue weighted by Crippen LogP contribution is -2.50. The van der Waals surface area contributed by atoms with Crippen molar-refractivity contribution in [1.82, 2.24) is 10.2 Å². The van der Waals surface area contributed by atoms with Crippen LogP contribution in [0.15, 0.2) is 48.5 Å². The highest BCUT2D eigenvalue weighted by Crippen LogP contribution is 2.22. The van der Waals surface area contributed by atoms with Crippen LogP contribution < -0.4 is 5.32 Å². The minimum atomic E-state index is -0.494. The standard InChI is InChI=1S/C25H33ClN2O2S/c1-5-23(25(30)27-14-18(2)3)28(15-20-11-7-6-10-19(20)4)24(29)17-31-16-21-12-8-9-13-22(21)26/h6-13,18,23H,5,14-17H2,1-4H3,(H,27,30)/t23-/m1/s1. The molecular weight excluding hydrogens is 428 g/mol. The molecule has 1 N–H and O–H groups in total. The Hall–Kier alpha value is -1.98. The third kappa shape index (κ3) is 7.89. The van der Waals surface area contributed by atoms with Crippen LogP contribution in [0.1, 0.15) is 43.9 Å². The van der Waals surface area contributed by atoms with Gasteiger partial charge in [-0.2, -0.15) is 0 Å². The van der Waals surface area contributed by atoms with Crippen LogP contribution in [0, 0.1) is 12.8 Å². The van der Waals surface area contributed by atoms with Gasteiger partial charge in [0.2, 0.25) is 11.8 Å². The number of carbonyl (C=O) groups is 2. The maximum absolute atomic E-state index is 13.3. The molecule has 0 saturated heterocycles. The predicted molar refractivity (Wildman–Crippen MR) is 131 cm³/mol. The fourth-order valence-electron chi connectivity index (χ4n) is 3.26. The average Bonchev–Trinajstić information content (AvgIpc) is 2.74. The fraction of sp³-hybridized carbons (Fsp3) is 0.440. The number of hydrogen-bond donors (Lipinski definition) is 1. The van der Waals surface area contributed by atoms with Gasteiger partial charge in [0.05, 0.1) is 5.75 Å². The highest BCUT2D eigenvalue weighted by molar-refractivity contribution is 7.99. The zero-order chi connectivity index (χ0) is 22.8. The smallest absolute Gasteiger partial charge is 0.242 e. The first-order chi connectivity index (χ1) is 14.8. The van der Waals surface area contributed by atoms with Crippen molar-refractivity contribution in [3.05, 3.63) is 70.2 Å². The van der Waals surface area contributed by atoms with Crippen LogP contribution in [0.25, 0.3) is 0 Å². The summed E-state index contributed by atoms with van der Waals surface area (Å²) in [5, 5.41) is 3.71. The van der Waals surface area contributed by atoms with Crippen LogP contribution in [0.2, 0.25) is 5.02 Å². The second-order valence-electron chi connectivity index (χ2n) is 8.10. The molecule has 0 bridgehead atoms. The third-order valence-electron chi connectivity index (χ3n) is 5.11. The van der Waals surface area contributed by atoms with Gasteiger partial charge < -0.3 is 10.2 Å². The Morgan fingerprint density at radius 3 is 2.32 bits per heavy atom. The lowest BCUT2D eigenvalue weighted by Gasteiger charge is -2.31. The van der Waals surface area contributed by atoms with Gasteiger partial charge in [0.25, 0.3) is 0 Å². The van der Waals surface area contributed by atoms with E-state index in [1.165, 1.54) is 11.8 Å². The zero-order valence-corrected chi connectivity index (χ0v) is 20.4. The molecule has 0 heterocycles. The monoisotopic (exact) mass is 460 g/mol. The molecule has 168 valence electrons. The molecule has 0 saturated carbocycles. The van der Waals surface area contributed by atoms with E-state index < -0.39 is 6.04 Å². The quantitative estimate of drug-likeness (QED) is 0.484. The molecule has 0 radical (unpaired) electrons. The van der Waals surface area contributed by atoms with Gasteiger partial charge in [0, 0.05) is 23.9 Å². The average molecular weight is 461 g/mol. The second-order valence-corrected chi connectivity index (χ2v) is 9.49. The van der Waals surface area contributed by atoms with Crippen molar-refractivity contribution in [2.24, 2.45) is 5.92 Å². The van der Waals surface area contributed by atoms with Crippen molar-refractivity contribution in [3.63, 3.8) is 0 Å². The van der Waals surface area contributed by atoms with Crippen molar-refractivity contribution in [1.29, 1.82) is 0 Å². The lowest BCUT2D eigenvalue weighted by molar-refractivity contribution is -0.139. The predicted octanol–water partition coefficient (Wildman–Crippen LogP) is 5.46. The zero-order valence-electron chi connectivity index (χ0n) is 18.9. The van der Waals surface area contributed by atoms with Crippen LogP contribution in [0.5, 0.6) is 0 Å². The van der Waals surface area contributed by atoms with Crippen molar-refractivity contribution < 1.29 is 9.59 Å². The van der Waals surface area contributed by atoms with Crippen LogP contribution in [0.3, 0.4) is 0 Å². The highest BCUT2D eigenvalue weighted by atomic mass is 35.5. The number of rotatable bonds is 11. The van der Waals surface area contributed by atoms with Gasteiger partial charge in [0.15, 0.2) is 0 Å². The first-order valence-electron chi connectivity index (χ1n) is 10.8. The fourth-order valence-corrected chi connectivity index (χ4v) is 4.46. The molecule has 6 heteroatoms. The molecular formula is C25H33ClN2O2S. The van der Waals surface area contributed by atoms with E-state index in [1.807, 2.05) is 62.4 Å². The van der Waals surface area contributed by atoms with E-state index >= 15 is 0 Å². The number of benzene rings is 2. The summed E-state index contributed by atoms with van der Waals surface area (Å²) in [6.45, 7) is 9.12. The van der Waals surface area contributed by atoms with Crippen LogP contribution in [-0.2, 0) is 21.9 Å². The van der Waals surface area contributed by atoms with Crippen molar-refractivity contribution in [2.75, 3.05) is 12.3 Å². The first kappa shape index (κ1) is 25.3. The molecule has 2 aromatic carbocycles. The van der Waals surface area contributed by atoms with Gasteiger partial charge in [-0.1, -0.05) is 74.8 Å². The van der Waals surface area contributed by atoms with Crippen LogP contribution in [-0.4, -0.2) is 35.1 Å². The lowest BCUT2D eigenvalue weighted by atomic mass is 10.1. The summed E-state index contributed by atoms with van der Waals surface area (Å²) in [6, 6.07) is 15.2. The largest absolute Gasteiger partial charge is 0.354 e. The van der Waals surface area contributed by atoms with E-state index in [2.05, 4.69) is 19.2 Å². The Balaban J connectivity index is 2.14. The number of halogens is 1. The van der Waals surface area contributed by atoms with Crippen molar-refractivity contribution in [2.45, 2.75) is 52.5 Å². The highest BCUT2D eigenvalue weighted by Gasteiger charge is 2.28. The molecule has 0 fully saturated rings. The normalized spacial score (nSPS) is 11.9. The van der Waals surface area contributed by atoms with E-state index in [4.69, 9.17) is 11.6 Å². The minimum absolute atomic E-state index is 0.0353. The molecule has 2 amide bonds. The molecule has 1 atom stereocenters. The van der Waals surface area contributed by atoms with Gasteiger partial charge in [-0.25, -0.2) is 0 Å². The Kier molecular flexibility index (Phi) is 10.4. The van der Waals surface area contributed by atoms with E-state index in [0.29, 0.717) is 42.0 Å². The number of hydrogen-bond acceptors (Lipinski definition) is 3. The van der Waals surface area contributed by atoms with E-state index in [1.54, 1.807) is 4.90 Å². The molecule has 0 aliphatic heterocycles. The molecule has 2 aromatic rings. The first-order valence-corrected chi connectivity index (χ1v) is 12.3. The number of thioether (sulfide) groups is 1. The number of nitrogens with zero attached hydrogens (tertiary/aromatic N) is 1. The summed E-state index contributed by atoms with van der Waals surface area (Å²) in [5.41, 5.74) is 3.18. The van der Waals surface area contributed by atoms with E-state index in [9.17, 15) is 9.59 Å². The number of carbonyl (C=O) groups excluding carboxylic acids is 2.